The third-order valence-corrected chi connectivity index (χ3v) is 16.0. The number of benzene rings is 7. The standard InChI is InChI=1S/C70H78N4O/c1-65(2,3)48-34-35-71-63(39-48)74-59-33-24-23-32-55(59)64-58(70(15,16)47-28-21-18-22-29-47)41-54(42-62(64)74)75-53-38-50(66(4,5)6)37-52(40-53)73-45-72(60-43-56(67(7,8)9)57(44-61(60)73)68(10,11)12)51-31-25-30-49(36-51)69(13,14)46-26-19-17-20-27-46/h17-44H,45H2,1-16H3. The fourth-order valence-electron chi connectivity index (χ4n) is 11.3. The van der Waals surface area contributed by atoms with Crippen molar-refractivity contribution in [2.45, 2.75) is 143 Å². The van der Waals surface area contributed by atoms with Crippen LogP contribution in [0.4, 0.5) is 22.7 Å². The molecule has 0 fully saturated rings. The van der Waals surface area contributed by atoms with E-state index in [0.29, 0.717) is 6.67 Å². The Morgan fingerprint density at radius 1 is 0.387 bits per heavy atom. The Labute approximate surface area is 448 Å². The van der Waals surface area contributed by atoms with Gasteiger partial charge >= 0.3 is 0 Å². The van der Waals surface area contributed by atoms with Gasteiger partial charge in [-0.3, -0.25) is 4.57 Å². The summed E-state index contributed by atoms with van der Waals surface area (Å²) in [5, 5.41) is 2.39. The maximum Gasteiger partial charge on any atom is 0.137 e. The van der Waals surface area contributed by atoms with Crippen molar-refractivity contribution in [2.24, 2.45) is 0 Å². The molecule has 1 aliphatic rings. The molecule has 0 atom stereocenters. The highest BCUT2D eigenvalue weighted by Crippen LogP contribution is 2.52. The summed E-state index contributed by atoms with van der Waals surface area (Å²) in [5.41, 5.74) is 16.0. The molecule has 0 radical (unpaired) electrons. The zero-order valence-electron chi connectivity index (χ0n) is 47.6. The molecule has 0 saturated heterocycles. The molecule has 0 spiro atoms. The summed E-state index contributed by atoms with van der Waals surface area (Å²) in [7, 11) is 0. The Morgan fingerprint density at radius 2 is 0.920 bits per heavy atom. The predicted molar refractivity (Wildman–Crippen MR) is 319 cm³/mol. The molecule has 1 aliphatic heterocycles. The summed E-state index contributed by atoms with van der Waals surface area (Å²) >= 11 is 0. The van der Waals surface area contributed by atoms with Crippen LogP contribution in [0.25, 0.3) is 27.6 Å². The second kappa shape index (κ2) is 18.3. The number of pyridine rings is 1. The molecule has 0 unspecified atom stereocenters. The Morgan fingerprint density at radius 3 is 1.52 bits per heavy atom. The Bertz CT molecular complexity index is 3590. The van der Waals surface area contributed by atoms with Crippen LogP contribution in [-0.2, 0) is 32.5 Å². The molecule has 0 N–H and O–H groups in total. The Balaban J connectivity index is 1.17. The third kappa shape index (κ3) is 9.53. The number of fused-ring (bicyclic) bond motifs is 4. The van der Waals surface area contributed by atoms with E-state index in [1.807, 2.05) is 6.20 Å². The van der Waals surface area contributed by atoms with Crippen LogP contribution in [-0.4, -0.2) is 16.2 Å². The van der Waals surface area contributed by atoms with E-state index in [1.54, 1.807) is 0 Å². The van der Waals surface area contributed by atoms with E-state index in [0.717, 1.165) is 34.0 Å². The van der Waals surface area contributed by atoms with Crippen molar-refractivity contribution in [2.75, 3.05) is 16.5 Å². The number of para-hydroxylation sites is 1. The first-order valence-corrected chi connectivity index (χ1v) is 27.0. The van der Waals surface area contributed by atoms with Crippen LogP contribution < -0.4 is 14.5 Å². The number of anilines is 4. The van der Waals surface area contributed by atoms with Crippen molar-refractivity contribution in [3.8, 4) is 17.3 Å². The van der Waals surface area contributed by atoms with E-state index in [2.05, 4.69) is 289 Å². The van der Waals surface area contributed by atoms with Gasteiger partial charge in [0.2, 0.25) is 0 Å². The van der Waals surface area contributed by atoms with Crippen LogP contribution >= 0.6 is 0 Å². The van der Waals surface area contributed by atoms with Gasteiger partial charge in [-0.25, -0.2) is 4.98 Å². The van der Waals surface area contributed by atoms with Crippen LogP contribution in [0, 0.1) is 0 Å². The van der Waals surface area contributed by atoms with Crippen LogP contribution in [0.15, 0.2) is 170 Å². The minimum Gasteiger partial charge on any atom is -0.457 e. The number of hydrogen-bond acceptors (Lipinski definition) is 4. The van der Waals surface area contributed by atoms with Crippen LogP contribution in [0.5, 0.6) is 11.5 Å². The molecule has 384 valence electrons. The third-order valence-electron chi connectivity index (χ3n) is 16.0. The first kappa shape index (κ1) is 51.4. The number of hydrogen-bond donors (Lipinski definition) is 0. The minimum absolute atomic E-state index is 0.0552. The SMILES string of the molecule is CC(C)(C)c1cc(Oc2cc(C(C)(C)c3ccccc3)c3c4ccccc4n(-c4cc(C(C)(C)C)ccn4)c3c2)cc(N2CN(c3cccc(C(C)(C)c4ccccc4)c3)c3cc(C(C)(C)C)c(C(C)(C)C)cc32)c1. The normalized spacial score (nSPS) is 13.8. The summed E-state index contributed by atoms with van der Waals surface area (Å²) in [6.07, 6.45) is 1.96. The second-order valence-corrected chi connectivity index (χ2v) is 26.4. The molecule has 7 aromatic carbocycles. The monoisotopic (exact) mass is 991 g/mol. The lowest BCUT2D eigenvalue weighted by molar-refractivity contribution is 0.477. The van der Waals surface area contributed by atoms with Crippen molar-refractivity contribution in [1.82, 2.24) is 9.55 Å². The van der Waals surface area contributed by atoms with Gasteiger partial charge in [0, 0.05) is 51.3 Å². The smallest absolute Gasteiger partial charge is 0.137 e. The summed E-state index contributed by atoms with van der Waals surface area (Å²) in [6, 6.07) is 60.6. The van der Waals surface area contributed by atoms with Gasteiger partial charge in [0.15, 0.2) is 0 Å². The van der Waals surface area contributed by atoms with Gasteiger partial charge < -0.3 is 14.5 Å². The first-order chi connectivity index (χ1) is 35.2. The maximum absolute atomic E-state index is 7.42. The highest BCUT2D eigenvalue weighted by atomic mass is 16.5. The van der Waals surface area contributed by atoms with Gasteiger partial charge in [-0.1, -0.05) is 202 Å². The van der Waals surface area contributed by atoms with Crippen molar-refractivity contribution in [3.05, 3.63) is 214 Å². The Hall–Kier alpha value is -7.11. The summed E-state index contributed by atoms with van der Waals surface area (Å²) in [4.78, 5) is 10.1. The lowest BCUT2D eigenvalue weighted by atomic mass is 9.74. The van der Waals surface area contributed by atoms with E-state index in [4.69, 9.17) is 9.72 Å². The number of nitrogens with zero attached hydrogens (tertiary/aromatic N) is 4. The second-order valence-electron chi connectivity index (χ2n) is 26.4. The molecule has 10 rings (SSSR count). The van der Waals surface area contributed by atoms with Crippen molar-refractivity contribution in [3.63, 3.8) is 0 Å². The maximum atomic E-state index is 7.42. The topological polar surface area (TPSA) is 33.5 Å². The van der Waals surface area contributed by atoms with Crippen molar-refractivity contribution in [1.29, 1.82) is 0 Å². The van der Waals surface area contributed by atoms with Crippen molar-refractivity contribution < 1.29 is 4.74 Å². The summed E-state index contributed by atoms with van der Waals surface area (Å²) in [5.74, 6) is 2.47. The zero-order valence-corrected chi connectivity index (χ0v) is 47.6. The fourth-order valence-corrected chi connectivity index (χ4v) is 11.3. The fraction of sp³-hybridized carbons (Fsp3) is 0.329. The molecule has 0 aliphatic carbocycles. The lowest BCUT2D eigenvalue weighted by Crippen LogP contribution is -2.25. The highest BCUT2D eigenvalue weighted by Gasteiger charge is 2.36. The number of ether oxygens (including phenoxy) is 1. The molecular formula is C70H78N4O. The number of aromatic nitrogens is 2. The van der Waals surface area contributed by atoms with E-state index in [9.17, 15) is 0 Å². The quantitative estimate of drug-likeness (QED) is 0.144. The van der Waals surface area contributed by atoms with E-state index < -0.39 is 0 Å². The van der Waals surface area contributed by atoms with Crippen LogP contribution in [0.3, 0.4) is 0 Å². The lowest BCUT2D eigenvalue weighted by Gasteiger charge is -2.32. The molecule has 75 heavy (non-hydrogen) atoms. The van der Waals surface area contributed by atoms with Gasteiger partial charge in [0.05, 0.1) is 22.4 Å². The van der Waals surface area contributed by atoms with Gasteiger partial charge in [0.25, 0.3) is 0 Å². The molecule has 9 aromatic rings. The van der Waals surface area contributed by atoms with E-state index >= 15 is 0 Å². The molecular weight excluding hydrogens is 913 g/mol. The van der Waals surface area contributed by atoms with E-state index in [1.165, 1.54) is 72.3 Å². The van der Waals surface area contributed by atoms with Gasteiger partial charge in [-0.15, -0.1) is 0 Å². The van der Waals surface area contributed by atoms with Crippen molar-refractivity contribution >= 4 is 44.6 Å². The first-order valence-electron chi connectivity index (χ1n) is 27.0. The Kier molecular flexibility index (Phi) is 12.6. The van der Waals surface area contributed by atoms with Gasteiger partial charge in [-0.05, 0) is 127 Å². The highest BCUT2D eigenvalue weighted by molar-refractivity contribution is 6.12. The molecule has 5 nitrogen and oxygen atoms in total. The average molecular weight is 991 g/mol. The van der Waals surface area contributed by atoms with Gasteiger partial charge in [-0.2, -0.15) is 0 Å². The molecule has 0 saturated carbocycles. The molecule has 5 heteroatoms. The summed E-state index contributed by atoms with van der Waals surface area (Å²) in [6.45, 7) is 37.8. The number of rotatable bonds is 9. The molecule has 3 heterocycles. The van der Waals surface area contributed by atoms with Crippen LogP contribution in [0.2, 0.25) is 0 Å². The zero-order chi connectivity index (χ0) is 53.6. The summed E-state index contributed by atoms with van der Waals surface area (Å²) < 4.78 is 9.77. The van der Waals surface area contributed by atoms with Gasteiger partial charge in [0.1, 0.15) is 24.0 Å². The van der Waals surface area contributed by atoms with Crippen LogP contribution in [0.1, 0.15) is 155 Å². The average Bonchev–Trinajstić information content (AvgIpc) is 3.96. The molecule has 0 bridgehead atoms. The molecule has 0 amide bonds. The molecule has 2 aromatic heterocycles. The predicted octanol–water partition coefficient (Wildman–Crippen LogP) is 19.1. The largest absolute Gasteiger partial charge is 0.457 e. The minimum atomic E-state index is -0.389. The van der Waals surface area contributed by atoms with E-state index in [-0.39, 0.29) is 32.5 Å².